The van der Waals surface area contributed by atoms with Crippen LogP contribution in [-0.4, -0.2) is 47.9 Å². The van der Waals surface area contributed by atoms with Crippen molar-refractivity contribution in [2.24, 2.45) is 11.8 Å². The van der Waals surface area contributed by atoms with Crippen LogP contribution in [0, 0.1) is 11.8 Å². The summed E-state index contributed by atoms with van der Waals surface area (Å²) in [7, 11) is 0. The number of hydrogen-bond donors (Lipinski definition) is 1. The Bertz CT molecular complexity index is 929. The fourth-order valence-electron chi connectivity index (χ4n) is 4.45. The summed E-state index contributed by atoms with van der Waals surface area (Å²) in [6.45, 7) is -0.676. The lowest BCUT2D eigenvalue weighted by Gasteiger charge is -2.36. The second-order valence-corrected chi connectivity index (χ2v) is 7.63. The van der Waals surface area contributed by atoms with Crippen molar-refractivity contribution in [1.29, 1.82) is 0 Å². The normalized spacial score (nSPS) is 21.1. The van der Waals surface area contributed by atoms with E-state index in [0.717, 1.165) is 27.2 Å². The molecule has 5 nitrogen and oxygen atoms in total. The van der Waals surface area contributed by atoms with Crippen molar-refractivity contribution in [2.75, 3.05) is 19.7 Å². The van der Waals surface area contributed by atoms with Gasteiger partial charge in [-0.2, -0.15) is 13.2 Å². The number of amides is 1. The number of ether oxygens (including phenoxy) is 1. The molecule has 1 aliphatic carbocycles. The molecule has 1 N–H and O–H groups in total. The first kappa shape index (κ1) is 20.3. The molecule has 1 saturated heterocycles. The monoisotopic (exact) mass is 419 g/mol. The summed E-state index contributed by atoms with van der Waals surface area (Å²) in [5.74, 6) is -5.40. The standard InChI is InChI=1S/C22H20F3NO4/c23-22(24,25)19-9-10-26(11-17(19)20(27)28)21(29)30-12-18-15-7-3-1-5-13(15)14-6-2-4-8-16(14)18/h1-8,17-19H,9-12H2,(H,27,28). The predicted octanol–water partition coefficient (Wildman–Crippen LogP) is 4.52. The van der Waals surface area contributed by atoms with E-state index in [-0.39, 0.29) is 19.1 Å². The lowest BCUT2D eigenvalue weighted by molar-refractivity contribution is -0.205. The predicted molar refractivity (Wildman–Crippen MR) is 102 cm³/mol. The molecule has 2 aromatic carbocycles. The smallest absolute Gasteiger partial charge is 0.409 e. The number of alkyl halides is 3. The van der Waals surface area contributed by atoms with Gasteiger partial charge in [-0.1, -0.05) is 48.5 Å². The summed E-state index contributed by atoms with van der Waals surface area (Å²) in [6, 6.07) is 15.6. The Morgan fingerprint density at radius 3 is 2.13 bits per heavy atom. The molecule has 8 heteroatoms. The van der Waals surface area contributed by atoms with E-state index in [0.29, 0.717) is 0 Å². The molecule has 4 rings (SSSR count). The van der Waals surface area contributed by atoms with Gasteiger partial charge in [0, 0.05) is 19.0 Å². The number of carbonyl (C=O) groups is 2. The van der Waals surface area contributed by atoms with E-state index in [2.05, 4.69) is 0 Å². The van der Waals surface area contributed by atoms with Crippen molar-refractivity contribution >= 4 is 12.1 Å². The number of carboxylic acids is 1. The maximum atomic E-state index is 13.1. The summed E-state index contributed by atoms with van der Waals surface area (Å²) in [4.78, 5) is 24.9. The van der Waals surface area contributed by atoms with Gasteiger partial charge in [0.15, 0.2) is 0 Å². The van der Waals surface area contributed by atoms with Crippen LogP contribution < -0.4 is 0 Å². The zero-order valence-corrected chi connectivity index (χ0v) is 15.9. The molecular formula is C22H20F3NO4. The quantitative estimate of drug-likeness (QED) is 0.795. The van der Waals surface area contributed by atoms with Gasteiger partial charge in [-0.15, -0.1) is 0 Å². The van der Waals surface area contributed by atoms with E-state index in [4.69, 9.17) is 4.74 Å². The third kappa shape index (κ3) is 3.62. The van der Waals surface area contributed by atoms with E-state index < -0.39 is 43.0 Å². The first-order valence-corrected chi connectivity index (χ1v) is 9.67. The van der Waals surface area contributed by atoms with Crippen LogP contribution >= 0.6 is 0 Å². The summed E-state index contributed by atoms with van der Waals surface area (Å²) in [6.07, 6.45) is -5.86. The van der Waals surface area contributed by atoms with Gasteiger partial charge < -0.3 is 14.7 Å². The van der Waals surface area contributed by atoms with E-state index >= 15 is 0 Å². The van der Waals surface area contributed by atoms with Crippen LogP contribution in [0.25, 0.3) is 11.1 Å². The van der Waals surface area contributed by atoms with Gasteiger partial charge >= 0.3 is 18.2 Å². The highest BCUT2D eigenvalue weighted by atomic mass is 19.4. The molecule has 0 spiro atoms. The van der Waals surface area contributed by atoms with Crippen LogP contribution in [0.4, 0.5) is 18.0 Å². The molecule has 2 atom stereocenters. The average molecular weight is 419 g/mol. The molecule has 0 radical (unpaired) electrons. The van der Waals surface area contributed by atoms with Crippen LogP contribution in [0.1, 0.15) is 23.5 Å². The summed E-state index contributed by atoms with van der Waals surface area (Å²) >= 11 is 0. The number of nitrogens with zero attached hydrogens (tertiary/aromatic N) is 1. The SMILES string of the molecule is O=C(O)C1CN(C(=O)OCC2c3ccccc3-c3ccccc32)CCC1C(F)(F)F. The number of hydrogen-bond acceptors (Lipinski definition) is 3. The van der Waals surface area contributed by atoms with Crippen molar-refractivity contribution in [2.45, 2.75) is 18.5 Å². The molecule has 158 valence electrons. The molecule has 0 saturated carbocycles. The number of carboxylic acid groups (broad SMARTS) is 1. The zero-order chi connectivity index (χ0) is 21.5. The Hall–Kier alpha value is -3.03. The van der Waals surface area contributed by atoms with Crippen LogP contribution in [0.2, 0.25) is 0 Å². The molecule has 0 bridgehead atoms. The van der Waals surface area contributed by atoms with Crippen LogP contribution in [0.3, 0.4) is 0 Å². The molecule has 30 heavy (non-hydrogen) atoms. The minimum Gasteiger partial charge on any atom is -0.481 e. The number of likely N-dealkylation sites (tertiary alicyclic amines) is 1. The molecule has 1 aliphatic heterocycles. The maximum absolute atomic E-state index is 13.1. The van der Waals surface area contributed by atoms with E-state index in [1.165, 1.54) is 0 Å². The fourth-order valence-corrected chi connectivity index (χ4v) is 4.45. The van der Waals surface area contributed by atoms with E-state index in [1.807, 2.05) is 48.5 Å². The van der Waals surface area contributed by atoms with Crippen LogP contribution in [0.5, 0.6) is 0 Å². The highest BCUT2D eigenvalue weighted by Gasteiger charge is 2.50. The number of fused-ring (bicyclic) bond motifs is 3. The summed E-state index contributed by atoms with van der Waals surface area (Å²) in [5.41, 5.74) is 4.16. The van der Waals surface area contributed by atoms with Gasteiger partial charge in [-0.3, -0.25) is 4.79 Å². The number of benzene rings is 2. The Kier molecular flexibility index (Phi) is 5.17. The number of aliphatic carboxylic acids is 1. The van der Waals surface area contributed by atoms with Crippen LogP contribution in [0.15, 0.2) is 48.5 Å². The van der Waals surface area contributed by atoms with Gasteiger partial charge in [0.2, 0.25) is 0 Å². The third-order valence-corrected chi connectivity index (χ3v) is 5.94. The van der Waals surface area contributed by atoms with Crippen molar-refractivity contribution in [1.82, 2.24) is 4.90 Å². The number of carbonyl (C=O) groups excluding carboxylic acids is 1. The van der Waals surface area contributed by atoms with Gasteiger partial charge in [-0.25, -0.2) is 4.79 Å². The Morgan fingerprint density at radius 1 is 1.03 bits per heavy atom. The minimum absolute atomic E-state index is 0.0315. The Balaban J connectivity index is 1.46. The Morgan fingerprint density at radius 2 is 1.60 bits per heavy atom. The van der Waals surface area contributed by atoms with Gasteiger partial charge in [0.05, 0.1) is 11.8 Å². The molecular weight excluding hydrogens is 399 g/mol. The second kappa shape index (κ2) is 7.66. The lowest BCUT2D eigenvalue weighted by atomic mass is 9.85. The van der Waals surface area contributed by atoms with E-state index in [9.17, 15) is 27.9 Å². The third-order valence-electron chi connectivity index (χ3n) is 5.94. The molecule has 0 aromatic heterocycles. The molecule has 1 fully saturated rings. The highest BCUT2D eigenvalue weighted by Crippen LogP contribution is 2.44. The number of piperidine rings is 1. The fraction of sp³-hybridized carbons (Fsp3) is 0.364. The van der Waals surface area contributed by atoms with Gasteiger partial charge in [0.1, 0.15) is 6.61 Å². The van der Waals surface area contributed by atoms with Crippen molar-refractivity contribution in [3.8, 4) is 11.1 Å². The first-order valence-electron chi connectivity index (χ1n) is 9.67. The highest BCUT2D eigenvalue weighted by molar-refractivity contribution is 5.79. The van der Waals surface area contributed by atoms with Gasteiger partial charge in [-0.05, 0) is 28.7 Å². The largest absolute Gasteiger partial charge is 0.481 e. The summed E-state index contributed by atoms with van der Waals surface area (Å²) in [5, 5.41) is 9.21. The Labute approximate surface area is 171 Å². The topological polar surface area (TPSA) is 66.8 Å². The van der Waals surface area contributed by atoms with Crippen LogP contribution in [-0.2, 0) is 9.53 Å². The van der Waals surface area contributed by atoms with Gasteiger partial charge in [0.25, 0.3) is 0 Å². The number of halogens is 3. The zero-order valence-electron chi connectivity index (χ0n) is 15.9. The lowest BCUT2D eigenvalue weighted by Crippen LogP contribution is -2.50. The molecule has 2 unspecified atom stereocenters. The molecule has 1 heterocycles. The average Bonchev–Trinajstić information content (AvgIpc) is 3.04. The van der Waals surface area contributed by atoms with Crippen molar-refractivity contribution in [3.63, 3.8) is 0 Å². The second-order valence-electron chi connectivity index (χ2n) is 7.63. The van der Waals surface area contributed by atoms with Crippen molar-refractivity contribution in [3.05, 3.63) is 59.7 Å². The molecule has 2 aliphatic rings. The maximum Gasteiger partial charge on any atom is 0.409 e. The summed E-state index contributed by atoms with van der Waals surface area (Å²) < 4.78 is 44.8. The number of rotatable bonds is 3. The molecule has 2 aromatic rings. The minimum atomic E-state index is -4.61. The van der Waals surface area contributed by atoms with E-state index in [1.54, 1.807) is 0 Å². The first-order chi connectivity index (χ1) is 14.3. The van der Waals surface area contributed by atoms with Crippen molar-refractivity contribution < 1.29 is 32.6 Å². The molecule has 1 amide bonds.